The summed E-state index contributed by atoms with van der Waals surface area (Å²) in [6.07, 6.45) is 15.9. The van der Waals surface area contributed by atoms with Gasteiger partial charge in [-0.1, -0.05) is 45.4 Å². The molecule has 5 aliphatic rings. The van der Waals surface area contributed by atoms with Crippen molar-refractivity contribution in [3.05, 3.63) is 23.8 Å². The number of hydrogen-bond acceptors (Lipinski definition) is 3. The monoisotopic (exact) mass is 426 g/mol. The molecule has 0 aromatic heterocycles. The number of rotatable bonds is 2. The molecule has 3 saturated carbocycles. The summed E-state index contributed by atoms with van der Waals surface area (Å²) >= 11 is 0. The highest BCUT2D eigenvalue weighted by atomic mass is 16.6. The van der Waals surface area contributed by atoms with Gasteiger partial charge in [0, 0.05) is 5.92 Å². The Labute approximate surface area is 188 Å². The van der Waals surface area contributed by atoms with Gasteiger partial charge < -0.3 is 9.84 Å². The fraction of sp³-hybridized carbons (Fsp3) is 0.821. The smallest absolute Gasteiger partial charge is 0.313 e. The van der Waals surface area contributed by atoms with Crippen molar-refractivity contribution in [3.8, 4) is 0 Å². The maximum Gasteiger partial charge on any atom is 0.313 e. The molecule has 4 aliphatic carbocycles. The van der Waals surface area contributed by atoms with Crippen molar-refractivity contribution in [2.45, 2.75) is 97.7 Å². The molecule has 9 atom stereocenters. The SMILES string of the molecule is CC(C)[C@H]1C=C[C@@](C)([C@H]2CC[C@H]3[C@@H]4CC=C5C[C@@H](O)CC[C@]5(C)[C@H]4CC[C@@]32C)OC1=O. The molecule has 0 aromatic rings. The van der Waals surface area contributed by atoms with Crippen LogP contribution in [0.4, 0.5) is 0 Å². The van der Waals surface area contributed by atoms with Crippen molar-refractivity contribution in [1.82, 2.24) is 0 Å². The molecule has 1 heterocycles. The Balaban J connectivity index is 1.42. The van der Waals surface area contributed by atoms with Crippen molar-refractivity contribution in [2.75, 3.05) is 0 Å². The van der Waals surface area contributed by atoms with Gasteiger partial charge in [-0.2, -0.15) is 0 Å². The van der Waals surface area contributed by atoms with Crippen molar-refractivity contribution < 1.29 is 14.6 Å². The number of esters is 1. The second kappa shape index (κ2) is 7.20. The first kappa shape index (κ1) is 21.7. The van der Waals surface area contributed by atoms with Crippen molar-refractivity contribution in [2.24, 2.45) is 46.3 Å². The van der Waals surface area contributed by atoms with Crippen molar-refractivity contribution in [3.63, 3.8) is 0 Å². The summed E-state index contributed by atoms with van der Waals surface area (Å²) in [6, 6.07) is 0. The molecule has 3 fully saturated rings. The maximum atomic E-state index is 12.8. The summed E-state index contributed by atoms with van der Waals surface area (Å²) < 4.78 is 6.23. The molecular formula is C28H42O3. The van der Waals surface area contributed by atoms with Gasteiger partial charge in [0.1, 0.15) is 5.60 Å². The quantitative estimate of drug-likeness (QED) is 0.430. The van der Waals surface area contributed by atoms with Gasteiger partial charge in [-0.3, -0.25) is 4.79 Å². The molecule has 0 unspecified atom stereocenters. The zero-order chi connectivity index (χ0) is 22.2. The van der Waals surface area contributed by atoms with E-state index in [-0.39, 0.29) is 34.7 Å². The lowest BCUT2D eigenvalue weighted by Gasteiger charge is -2.59. The Morgan fingerprint density at radius 1 is 1.06 bits per heavy atom. The van der Waals surface area contributed by atoms with Gasteiger partial charge in [-0.05, 0) is 98.9 Å². The molecule has 0 radical (unpaired) electrons. The van der Waals surface area contributed by atoms with Gasteiger partial charge in [0.25, 0.3) is 0 Å². The minimum Gasteiger partial charge on any atom is -0.454 e. The van der Waals surface area contributed by atoms with E-state index in [9.17, 15) is 9.90 Å². The van der Waals surface area contributed by atoms with E-state index in [2.05, 4.69) is 52.8 Å². The lowest BCUT2D eigenvalue weighted by atomic mass is 9.46. The first-order chi connectivity index (χ1) is 14.6. The van der Waals surface area contributed by atoms with Crippen LogP contribution in [0.1, 0.15) is 86.0 Å². The molecule has 1 aliphatic heterocycles. The van der Waals surface area contributed by atoms with E-state index in [0.29, 0.717) is 11.8 Å². The van der Waals surface area contributed by atoms with Crippen LogP contribution in [0.15, 0.2) is 23.8 Å². The second-order valence-electron chi connectivity index (χ2n) is 12.6. The van der Waals surface area contributed by atoms with Gasteiger partial charge >= 0.3 is 5.97 Å². The third-order valence-corrected chi connectivity index (χ3v) is 10.7. The molecule has 0 aromatic carbocycles. The molecule has 0 bridgehead atoms. The van der Waals surface area contributed by atoms with E-state index in [1.165, 1.54) is 25.7 Å². The van der Waals surface area contributed by atoms with E-state index in [4.69, 9.17) is 4.74 Å². The van der Waals surface area contributed by atoms with Gasteiger partial charge in [-0.25, -0.2) is 0 Å². The Hall–Kier alpha value is -1.09. The number of ether oxygens (including phenoxy) is 1. The van der Waals surface area contributed by atoms with Gasteiger partial charge in [0.05, 0.1) is 12.0 Å². The predicted molar refractivity (Wildman–Crippen MR) is 123 cm³/mol. The normalized spacial score (nSPS) is 51.6. The van der Waals surface area contributed by atoms with Gasteiger partial charge in [-0.15, -0.1) is 0 Å². The average Bonchev–Trinajstić information content (AvgIpc) is 3.06. The lowest BCUT2D eigenvalue weighted by Crippen LogP contribution is -2.54. The standard InChI is InChI=1S/C28H42O3/c1-17(2)20-11-15-28(5,31-25(20)30)24-9-8-22-21-7-6-18-16-19(29)10-13-26(18,3)23(21)12-14-27(22,24)4/h6,11,15,17,19-24,29H,7-10,12-14,16H2,1-5H3/t19-,20+,21-,22-,23-,24-,26-,27-,28-/m0/s1. The minimum absolute atomic E-state index is 0.0285. The Morgan fingerprint density at radius 3 is 2.55 bits per heavy atom. The maximum absolute atomic E-state index is 12.8. The molecule has 31 heavy (non-hydrogen) atoms. The Bertz CT molecular complexity index is 811. The van der Waals surface area contributed by atoms with Gasteiger partial charge in [0.15, 0.2) is 0 Å². The highest BCUT2D eigenvalue weighted by Crippen LogP contribution is 2.68. The van der Waals surface area contributed by atoms with Crippen LogP contribution < -0.4 is 0 Å². The summed E-state index contributed by atoms with van der Waals surface area (Å²) in [6.45, 7) is 11.4. The predicted octanol–water partition coefficient (Wildman–Crippen LogP) is 6.07. The summed E-state index contributed by atoms with van der Waals surface area (Å²) in [5.74, 6) is 2.77. The van der Waals surface area contributed by atoms with Crippen LogP contribution in [0.5, 0.6) is 0 Å². The molecule has 3 heteroatoms. The highest BCUT2D eigenvalue weighted by Gasteiger charge is 2.62. The molecule has 172 valence electrons. The zero-order valence-electron chi connectivity index (χ0n) is 20.2. The molecule has 0 saturated heterocycles. The van der Waals surface area contributed by atoms with Crippen LogP contribution in [0, 0.1) is 46.3 Å². The first-order valence-electron chi connectivity index (χ1n) is 12.9. The molecule has 0 amide bonds. The number of carbonyl (C=O) groups excluding carboxylic acids is 1. The summed E-state index contributed by atoms with van der Waals surface area (Å²) in [5, 5.41) is 10.2. The van der Waals surface area contributed by atoms with E-state index >= 15 is 0 Å². The van der Waals surface area contributed by atoms with Crippen molar-refractivity contribution in [1.29, 1.82) is 0 Å². The fourth-order valence-corrected chi connectivity index (χ4v) is 8.96. The lowest BCUT2D eigenvalue weighted by molar-refractivity contribution is -0.172. The number of cyclic esters (lactones) is 1. The number of hydrogen-bond donors (Lipinski definition) is 1. The van der Waals surface area contributed by atoms with Crippen LogP contribution in [0.3, 0.4) is 0 Å². The second-order valence-corrected chi connectivity index (χ2v) is 12.6. The topological polar surface area (TPSA) is 46.5 Å². The zero-order valence-corrected chi connectivity index (χ0v) is 20.2. The fourth-order valence-electron chi connectivity index (χ4n) is 8.96. The summed E-state index contributed by atoms with van der Waals surface area (Å²) in [7, 11) is 0. The molecule has 1 N–H and O–H groups in total. The third kappa shape index (κ3) is 3.12. The number of allylic oxidation sites excluding steroid dienone is 1. The van der Waals surface area contributed by atoms with Crippen LogP contribution >= 0.6 is 0 Å². The van der Waals surface area contributed by atoms with Crippen LogP contribution in [0.2, 0.25) is 0 Å². The molecular weight excluding hydrogens is 384 g/mol. The summed E-state index contributed by atoms with van der Waals surface area (Å²) in [5.41, 5.74) is 1.60. The van der Waals surface area contributed by atoms with E-state index in [1.807, 2.05) is 0 Å². The molecule has 3 nitrogen and oxygen atoms in total. The highest BCUT2D eigenvalue weighted by molar-refractivity contribution is 5.76. The van der Waals surface area contributed by atoms with E-state index in [0.717, 1.165) is 37.5 Å². The number of aliphatic hydroxyl groups is 1. The number of carbonyl (C=O) groups is 1. The molecule has 0 spiro atoms. The number of aliphatic hydroxyl groups excluding tert-OH is 1. The minimum atomic E-state index is -0.465. The van der Waals surface area contributed by atoms with Crippen LogP contribution in [-0.2, 0) is 9.53 Å². The third-order valence-electron chi connectivity index (χ3n) is 10.7. The first-order valence-corrected chi connectivity index (χ1v) is 12.9. The number of fused-ring (bicyclic) bond motifs is 5. The summed E-state index contributed by atoms with van der Waals surface area (Å²) in [4.78, 5) is 12.8. The average molecular weight is 427 g/mol. The van der Waals surface area contributed by atoms with Crippen LogP contribution in [0.25, 0.3) is 0 Å². The largest absolute Gasteiger partial charge is 0.454 e. The Morgan fingerprint density at radius 2 is 1.84 bits per heavy atom. The van der Waals surface area contributed by atoms with E-state index < -0.39 is 5.60 Å². The van der Waals surface area contributed by atoms with E-state index in [1.54, 1.807) is 5.57 Å². The van der Waals surface area contributed by atoms with Gasteiger partial charge in [0.2, 0.25) is 0 Å². The van der Waals surface area contributed by atoms with Crippen molar-refractivity contribution >= 4 is 5.97 Å². The van der Waals surface area contributed by atoms with Crippen LogP contribution in [-0.4, -0.2) is 22.8 Å². The Kier molecular flexibility index (Phi) is 5.05. The molecule has 5 rings (SSSR count).